The Kier molecular flexibility index (Phi) is 7.40. The van der Waals surface area contributed by atoms with E-state index in [1.807, 2.05) is 47.5 Å². The molecule has 0 spiro atoms. The minimum atomic E-state index is -0.562. The molecule has 39 heavy (non-hydrogen) atoms. The highest BCUT2D eigenvalue weighted by Crippen LogP contribution is 2.35. The first-order valence-corrected chi connectivity index (χ1v) is 13.6. The number of pyridine rings is 1. The summed E-state index contributed by atoms with van der Waals surface area (Å²) in [6.07, 6.45) is 6.43. The Labute approximate surface area is 228 Å². The van der Waals surface area contributed by atoms with E-state index < -0.39 is 6.04 Å². The van der Waals surface area contributed by atoms with Crippen molar-refractivity contribution >= 4 is 22.5 Å². The number of carbonyl (C=O) groups is 1. The van der Waals surface area contributed by atoms with Crippen LogP contribution in [0, 0.1) is 0 Å². The molecule has 0 radical (unpaired) electrons. The molecular weight excluding hydrogens is 488 g/mol. The minimum absolute atomic E-state index is 0.0181. The van der Waals surface area contributed by atoms with Gasteiger partial charge in [0.15, 0.2) is 0 Å². The normalized spacial score (nSPS) is 16.8. The smallest absolute Gasteiger partial charge is 0.239 e. The van der Waals surface area contributed by atoms with E-state index in [-0.39, 0.29) is 5.91 Å². The maximum absolute atomic E-state index is 13.1. The summed E-state index contributed by atoms with van der Waals surface area (Å²) in [6.45, 7) is 5.75. The van der Waals surface area contributed by atoms with Crippen molar-refractivity contribution < 1.29 is 9.53 Å². The van der Waals surface area contributed by atoms with Gasteiger partial charge < -0.3 is 25.7 Å². The molecule has 6 rings (SSSR count). The number of amides is 1. The molecule has 1 unspecified atom stereocenters. The van der Waals surface area contributed by atoms with Crippen LogP contribution in [0.25, 0.3) is 16.6 Å². The summed E-state index contributed by atoms with van der Waals surface area (Å²) < 4.78 is 6.29. The highest BCUT2D eigenvalue weighted by molar-refractivity contribution is 5.96. The first-order valence-electron chi connectivity index (χ1n) is 13.6. The van der Waals surface area contributed by atoms with E-state index in [1.165, 1.54) is 11.1 Å². The number of fused-ring (bicyclic) bond motifs is 1. The first-order chi connectivity index (χ1) is 19.1. The van der Waals surface area contributed by atoms with Gasteiger partial charge in [-0.05, 0) is 41.3 Å². The van der Waals surface area contributed by atoms with Crippen LogP contribution < -0.4 is 15.8 Å². The lowest BCUT2D eigenvalue weighted by Crippen LogP contribution is -2.53. The van der Waals surface area contributed by atoms with Gasteiger partial charge in [-0.3, -0.25) is 9.69 Å². The lowest BCUT2D eigenvalue weighted by atomic mass is 10.0. The summed E-state index contributed by atoms with van der Waals surface area (Å²) >= 11 is 0. The Balaban J connectivity index is 1.05. The molecule has 1 atom stereocenters. The lowest BCUT2D eigenvalue weighted by molar-refractivity contribution is -0.134. The van der Waals surface area contributed by atoms with Gasteiger partial charge in [0.1, 0.15) is 17.1 Å². The average molecular weight is 523 g/mol. The van der Waals surface area contributed by atoms with Crippen molar-refractivity contribution in [2.45, 2.75) is 19.0 Å². The van der Waals surface area contributed by atoms with Gasteiger partial charge >= 0.3 is 0 Å². The van der Waals surface area contributed by atoms with E-state index in [0.717, 1.165) is 66.4 Å². The second kappa shape index (κ2) is 11.4. The molecule has 1 amide bonds. The molecule has 4 aromatic rings. The highest BCUT2D eigenvalue weighted by Gasteiger charge is 2.25. The summed E-state index contributed by atoms with van der Waals surface area (Å²) in [5.41, 5.74) is 11.8. The maximum atomic E-state index is 13.1. The molecule has 8 heteroatoms. The van der Waals surface area contributed by atoms with Crippen molar-refractivity contribution in [3.8, 4) is 11.5 Å². The van der Waals surface area contributed by atoms with Crippen molar-refractivity contribution in [3.05, 3.63) is 95.8 Å². The number of aromatic amines is 1. The molecule has 1 fully saturated rings. The van der Waals surface area contributed by atoms with Crippen LogP contribution >= 0.6 is 0 Å². The van der Waals surface area contributed by atoms with Crippen molar-refractivity contribution in [1.29, 1.82) is 0 Å². The van der Waals surface area contributed by atoms with Gasteiger partial charge in [-0.1, -0.05) is 48.5 Å². The number of ether oxygens (including phenoxy) is 1. The zero-order valence-electron chi connectivity index (χ0n) is 22.0. The molecule has 2 aliphatic heterocycles. The van der Waals surface area contributed by atoms with E-state index in [4.69, 9.17) is 10.5 Å². The largest absolute Gasteiger partial charge is 0.457 e. The number of hydrogen-bond acceptors (Lipinski definition) is 6. The molecular formula is C31H34N6O2. The SMILES string of the molecule is NC(Cc1ccc(Oc2ccnc3[nH]cc(C4=CCNC4)c23)cc1)C(=O)N1CCN(Cc2ccccc2)CC1. The summed E-state index contributed by atoms with van der Waals surface area (Å²) in [7, 11) is 0. The Morgan fingerprint density at radius 3 is 2.54 bits per heavy atom. The number of carbonyl (C=O) groups excluding carboxylic acids is 1. The van der Waals surface area contributed by atoms with Crippen molar-refractivity contribution in [2.24, 2.45) is 5.73 Å². The van der Waals surface area contributed by atoms with E-state index >= 15 is 0 Å². The molecule has 0 aliphatic carbocycles. The lowest BCUT2D eigenvalue weighted by Gasteiger charge is -2.36. The maximum Gasteiger partial charge on any atom is 0.239 e. The Morgan fingerprint density at radius 1 is 1.00 bits per heavy atom. The fourth-order valence-corrected chi connectivity index (χ4v) is 5.41. The van der Waals surface area contributed by atoms with Crippen molar-refractivity contribution in [2.75, 3.05) is 39.3 Å². The number of nitrogens with zero attached hydrogens (tertiary/aromatic N) is 3. The van der Waals surface area contributed by atoms with Gasteiger partial charge in [0.05, 0.1) is 11.4 Å². The predicted octanol–water partition coefficient (Wildman–Crippen LogP) is 3.56. The molecule has 0 saturated carbocycles. The standard InChI is InChI=1S/C31H34N6O2/c32-27(31(38)37-16-14-36(15-17-37)21-23-4-2-1-3-5-23)18-22-6-8-25(9-7-22)39-28-11-13-34-30-29(28)26(20-35-30)24-10-12-33-19-24/h1-11,13,20,27,33H,12,14-19,21,32H2,(H,34,35). The van der Waals surface area contributed by atoms with Crippen LogP contribution in [-0.2, 0) is 17.8 Å². The van der Waals surface area contributed by atoms with Gasteiger partial charge in [-0.25, -0.2) is 4.98 Å². The number of aromatic nitrogens is 2. The van der Waals surface area contributed by atoms with E-state index in [0.29, 0.717) is 19.5 Å². The molecule has 8 nitrogen and oxygen atoms in total. The molecule has 0 bridgehead atoms. The average Bonchev–Trinajstić information content (AvgIpc) is 3.65. The third-order valence-electron chi connectivity index (χ3n) is 7.55. The van der Waals surface area contributed by atoms with Crippen molar-refractivity contribution in [3.63, 3.8) is 0 Å². The van der Waals surface area contributed by atoms with Crippen LogP contribution in [0.5, 0.6) is 11.5 Å². The van der Waals surface area contributed by atoms with Gasteiger partial charge in [-0.15, -0.1) is 0 Å². The highest BCUT2D eigenvalue weighted by atomic mass is 16.5. The Morgan fingerprint density at radius 2 is 1.79 bits per heavy atom. The quantitative estimate of drug-likeness (QED) is 0.327. The topological polar surface area (TPSA) is 99.5 Å². The number of piperazine rings is 1. The molecule has 2 aromatic heterocycles. The van der Waals surface area contributed by atoms with Crippen molar-refractivity contribution in [1.82, 2.24) is 25.1 Å². The number of rotatable bonds is 8. The number of nitrogens with one attached hydrogen (secondary N) is 2. The van der Waals surface area contributed by atoms with Crippen LogP contribution in [0.4, 0.5) is 0 Å². The molecule has 200 valence electrons. The van der Waals surface area contributed by atoms with Gasteiger partial charge in [-0.2, -0.15) is 0 Å². The van der Waals surface area contributed by atoms with Crippen LogP contribution in [0.3, 0.4) is 0 Å². The van der Waals surface area contributed by atoms with Gasteiger partial charge in [0.25, 0.3) is 0 Å². The number of nitrogens with two attached hydrogens (primary N) is 1. The second-order valence-corrected chi connectivity index (χ2v) is 10.2. The van der Waals surface area contributed by atoms with E-state index in [1.54, 1.807) is 6.20 Å². The summed E-state index contributed by atoms with van der Waals surface area (Å²) in [6, 6.07) is 19.6. The summed E-state index contributed by atoms with van der Waals surface area (Å²) in [5, 5.41) is 4.33. The summed E-state index contributed by atoms with van der Waals surface area (Å²) in [5.74, 6) is 1.51. The molecule has 2 aliphatic rings. The Bertz CT molecular complexity index is 1460. The fraction of sp³-hybridized carbons (Fsp3) is 0.290. The monoisotopic (exact) mass is 522 g/mol. The first kappa shape index (κ1) is 25.3. The zero-order chi connectivity index (χ0) is 26.6. The molecule has 1 saturated heterocycles. The van der Waals surface area contributed by atoms with E-state index in [9.17, 15) is 4.79 Å². The predicted molar refractivity (Wildman–Crippen MR) is 153 cm³/mol. The number of H-pyrrole nitrogens is 1. The molecule has 4 N–H and O–H groups in total. The number of hydrogen-bond donors (Lipinski definition) is 3. The molecule has 2 aromatic carbocycles. The van der Waals surface area contributed by atoms with E-state index in [2.05, 4.69) is 50.5 Å². The van der Waals surface area contributed by atoms with Crippen LogP contribution in [0.15, 0.2) is 79.1 Å². The third kappa shape index (κ3) is 5.73. The van der Waals surface area contributed by atoms with Crippen LogP contribution in [0.2, 0.25) is 0 Å². The van der Waals surface area contributed by atoms with Crippen LogP contribution in [-0.4, -0.2) is 71.0 Å². The zero-order valence-corrected chi connectivity index (χ0v) is 22.0. The summed E-state index contributed by atoms with van der Waals surface area (Å²) in [4.78, 5) is 25.1. The minimum Gasteiger partial charge on any atom is -0.457 e. The number of benzene rings is 2. The fourth-order valence-electron chi connectivity index (χ4n) is 5.41. The second-order valence-electron chi connectivity index (χ2n) is 10.2. The third-order valence-corrected chi connectivity index (χ3v) is 7.55. The van der Waals surface area contributed by atoms with Gasteiger partial charge in [0, 0.05) is 63.8 Å². The molecule has 4 heterocycles. The Hall–Kier alpha value is -3.98. The van der Waals surface area contributed by atoms with Gasteiger partial charge in [0.2, 0.25) is 5.91 Å². The van der Waals surface area contributed by atoms with Crippen LogP contribution in [0.1, 0.15) is 16.7 Å².